The molecule has 3 rings (SSSR count). The molecule has 0 aliphatic carbocycles. The molecule has 1 aromatic rings. The van der Waals surface area contributed by atoms with Gasteiger partial charge in [-0.15, -0.1) is 0 Å². The number of carbonyl (C=O) groups is 2. The van der Waals surface area contributed by atoms with Crippen LogP contribution < -0.4 is 5.32 Å². The van der Waals surface area contributed by atoms with Crippen LogP contribution in [0.2, 0.25) is 0 Å². The van der Waals surface area contributed by atoms with Crippen molar-refractivity contribution < 1.29 is 19.1 Å². The monoisotopic (exact) mass is 360 g/mol. The Balaban J connectivity index is 1.52. The Morgan fingerprint density at radius 3 is 2.31 bits per heavy atom. The number of piperidine rings is 1. The molecule has 0 radical (unpaired) electrons. The molecule has 2 saturated heterocycles. The lowest BCUT2D eigenvalue weighted by Crippen LogP contribution is -2.53. The minimum Gasteiger partial charge on any atom is -0.445 e. The first-order chi connectivity index (χ1) is 12.3. The van der Waals surface area contributed by atoms with Gasteiger partial charge in [0.2, 0.25) is 0 Å². The van der Waals surface area contributed by atoms with Crippen LogP contribution in [0.1, 0.15) is 52.0 Å². The van der Waals surface area contributed by atoms with Crippen LogP contribution in [0.3, 0.4) is 0 Å². The van der Waals surface area contributed by atoms with Gasteiger partial charge in [-0.3, -0.25) is 0 Å². The number of nitrogens with zero attached hydrogens (tertiary/aromatic N) is 1. The van der Waals surface area contributed by atoms with Gasteiger partial charge in [-0.2, -0.15) is 0 Å². The highest BCUT2D eigenvalue weighted by molar-refractivity contribution is 5.70. The van der Waals surface area contributed by atoms with Gasteiger partial charge < -0.3 is 19.7 Å². The molecular weight excluding hydrogens is 332 g/mol. The highest BCUT2D eigenvalue weighted by Crippen LogP contribution is 2.36. The van der Waals surface area contributed by atoms with Crippen LogP contribution in [-0.2, 0) is 16.1 Å². The first-order valence-corrected chi connectivity index (χ1v) is 9.30. The summed E-state index contributed by atoms with van der Waals surface area (Å²) in [5.41, 5.74) is 0.472. The second-order valence-corrected chi connectivity index (χ2v) is 8.15. The van der Waals surface area contributed by atoms with E-state index >= 15 is 0 Å². The zero-order valence-electron chi connectivity index (χ0n) is 15.7. The molecule has 6 nitrogen and oxygen atoms in total. The molecule has 2 fully saturated rings. The Bertz CT molecular complexity index is 627. The number of benzene rings is 1. The molecule has 2 heterocycles. The number of carbonyl (C=O) groups excluding carboxylic acids is 2. The third-order valence-corrected chi connectivity index (χ3v) is 4.87. The smallest absolute Gasteiger partial charge is 0.410 e. The molecule has 142 valence electrons. The lowest BCUT2D eigenvalue weighted by atomic mass is 9.98. The van der Waals surface area contributed by atoms with Crippen molar-refractivity contribution >= 4 is 12.2 Å². The van der Waals surface area contributed by atoms with Crippen molar-refractivity contribution in [1.82, 2.24) is 10.2 Å². The summed E-state index contributed by atoms with van der Waals surface area (Å²) in [4.78, 5) is 26.4. The maximum Gasteiger partial charge on any atom is 0.410 e. The van der Waals surface area contributed by atoms with Gasteiger partial charge in [0, 0.05) is 18.1 Å². The van der Waals surface area contributed by atoms with E-state index in [1.54, 1.807) is 0 Å². The number of amides is 2. The van der Waals surface area contributed by atoms with Crippen LogP contribution in [0, 0.1) is 0 Å². The normalized spacial score (nSPS) is 24.9. The van der Waals surface area contributed by atoms with E-state index in [4.69, 9.17) is 9.47 Å². The zero-order valence-corrected chi connectivity index (χ0v) is 15.7. The molecule has 2 aliphatic rings. The van der Waals surface area contributed by atoms with Gasteiger partial charge in [0.05, 0.1) is 0 Å². The van der Waals surface area contributed by atoms with Crippen LogP contribution in [-0.4, -0.2) is 40.8 Å². The molecule has 0 saturated carbocycles. The number of fused-ring (bicyclic) bond motifs is 2. The van der Waals surface area contributed by atoms with Crippen molar-refractivity contribution in [3.63, 3.8) is 0 Å². The van der Waals surface area contributed by atoms with Crippen molar-refractivity contribution in [2.24, 2.45) is 0 Å². The highest BCUT2D eigenvalue weighted by Gasteiger charge is 2.44. The number of alkyl carbamates (subject to hydrolysis) is 1. The average molecular weight is 360 g/mol. The predicted molar refractivity (Wildman–Crippen MR) is 97.7 cm³/mol. The first kappa shape index (κ1) is 18.5. The Labute approximate surface area is 154 Å². The fourth-order valence-corrected chi connectivity index (χ4v) is 3.86. The number of nitrogens with one attached hydrogen (secondary N) is 1. The Morgan fingerprint density at radius 2 is 1.73 bits per heavy atom. The largest absolute Gasteiger partial charge is 0.445 e. The number of rotatable bonds is 3. The molecule has 1 unspecified atom stereocenters. The Hall–Kier alpha value is -2.24. The summed E-state index contributed by atoms with van der Waals surface area (Å²) in [6, 6.07) is 9.97. The van der Waals surface area contributed by atoms with Crippen LogP contribution >= 0.6 is 0 Å². The number of hydrogen-bond donors (Lipinski definition) is 1. The van der Waals surface area contributed by atoms with E-state index in [0.717, 1.165) is 31.2 Å². The SMILES string of the molecule is CC(C)(C)OC(=O)NC1C[C@H]2CC[C@@H](C1)N2C(=O)OCc1ccccc1. The second-order valence-electron chi connectivity index (χ2n) is 8.15. The lowest BCUT2D eigenvalue weighted by molar-refractivity contribution is 0.0403. The van der Waals surface area contributed by atoms with Crippen molar-refractivity contribution in [1.29, 1.82) is 0 Å². The van der Waals surface area contributed by atoms with Crippen LogP contribution in [0.25, 0.3) is 0 Å². The van der Waals surface area contributed by atoms with Crippen molar-refractivity contribution in [3.05, 3.63) is 35.9 Å². The van der Waals surface area contributed by atoms with E-state index in [1.165, 1.54) is 0 Å². The zero-order chi connectivity index (χ0) is 18.7. The van der Waals surface area contributed by atoms with Gasteiger partial charge in [-0.05, 0) is 52.0 Å². The lowest BCUT2D eigenvalue weighted by Gasteiger charge is -2.38. The summed E-state index contributed by atoms with van der Waals surface area (Å²) in [6.45, 7) is 5.83. The maximum atomic E-state index is 12.5. The minimum atomic E-state index is -0.509. The Kier molecular flexibility index (Phi) is 5.39. The fraction of sp³-hybridized carbons (Fsp3) is 0.600. The van der Waals surface area contributed by atoms with E-state index < -0.39 is 5.60 Å². The van der Waals surface area contributed by atoms with Crippen molar-refractivity contribution in [2.75, 3.05) is 0 Å². The minimum absolute atomic E-state index is 0.0422. The molecule has 2 bridgehead atoms. The molecule has 0 aromatic heterocycles. The quantitative estimate of drug-likeness (QED) is 0.889. The first-order valence-electron chi connectivity index (χ1n) is 9.30. The topological polar surface area (TPSA) is 67.9 Å². The summed E-state index contributed by atoms with van der Waals surface area (Å²) in [5.74, 6) is 0. The van der Waals surface area contributed by atoms with Gasteiger partial charge >= 0.3 is 12.2 Å². The van der Waals surface area contributed by atoms with Gasteiger partial charge in [0.1, 0.15) is 12.2 Å². The summed E-state index contributed by atoms with van der Waals surface area (Å²) < 4.78 is 10.8. The molecule has 26 heavy (non-hydrogen) atoms. The van der Waals surface area contributed by atoms with E-state index in [0.29, 0.717) is 0 Å². The van der Waals surface area contributed by atoms with Gasteiger partial charge in [-0.1, -0.05) is 30.3 Å². The van der Waals surface area contributed by atoms with Gasteiger partial charge in [0.15, 0.2) is 0 Å². The molecular formula is C20H28N2O4. The maximum absolute atomic E-state index is 12.5. The molecule has 1 aromatic carbocycles. The summed E-state index contributed by atoms with van der Waals surface area (Å²) in [6.07, 6.45) is 2.76. The number of ether oxygens (including phenoxy) is 2. The highest BCUT2D eigenvalue weighted by atomic mass is 16.6. The molecule has 2 aliphatic heterocycles. The third kappa shape index (κ3) is 4.68. The standard InChI is InChI=1S/C20H28N2O4/c1-20(2,3)26-18(23)21-15-11-16-9-10-17(12-15)22(16)19(24)25-13-14-7-5-4-6-8-14/h4-8,15-17H,9-13H2,1-3H3,(H,21,23)/t15?,16-,17+. The molecule has 3 atom stereocenters. The van der Waals surface area contributed by atoms with Gasteiger partial charge in [-0.25, -0.2) is 9.59 Å². The van der Waals surface area contributed by atoms with E-state index in [1.807, 2.05) is 56.0 Å². The summed E-state index contributed by atoms with van der Waals surface area (Å²) in [5, 5.41) is 2.95. The van der Waals surface area contributed by atoms with Crippen molar-refractivity contribution in [3.8, 4) is 0 Å². The van der Waals surface area contributed by atoms with Crippen LogP contribution in [0.4, 0.5) is 9.59 Å². The van der Waals surface area contributed by atoms with E-state index in [9.17, 15) is 9.59 Å². The van der Waals surface area contributed by atoms with Gasteiger partial charge in [0.25, 0.3) is 0 Å². The van der Waals surface area contributed by atoms with Crippen molar-refractivity contribution in [2.45, 2.75) is 76.8 Å². The summed E-state index contributed by atoms with van der Waals surface area (Å²) >= 11 is 0. The van der Waals surface area contributed by atoms with Crippen LogP contribution in [0.15, 0.2) is 30.3 Å². The number of hydrogen-bond acceptors (Lipinski definition) is 4. The second kappa shape index (κ2) is 7.56. The molecule has 0 spiro atoms. The third-order valence-electron chi connectivity index (χ3n) is 4.87. The fourth-order valence-electron chi connectivity index (χ4n) is 3.86. The summed E-state index contributed by atoms with van der Waals surface area (Å²) in [7, 11) is 0. The van der Waals surface area contributed by atoms with E-state index in [2.05, 4.69) is 5.32 Å². The molecule has 6 heteroatoms. The molecule has 1 N–H and O–H groups in total. The van der Waals surface area contributed by atoms with Crippen LogP contribution in [0.5, 0.6) is 0 Å². The molecule has 2 amide bonds. The van der Waals surface area contributed by atoms with E-state index in [-0.39, 0.29) is 36.9 Å². The Morgan fingerprint density at radius 1 is 1.12 bits per heavy atom. The predicted octanol–water partition coefficient (Wildman–Crippen LogP) is 3.84. The average Bonchev–Trinajstić information content (AvgIpc) is 2.83.